The fourth-order valence-corrected chi connectivity index (χ4v) is 3.61. The lowest BCUT2D eigenvalue weighted by Gasteiger charge is -2.04. The van der Waals surface area contributed by atoms with Gasteiger partial charge in [0, 0.05) is 13.0 Å². The minimum atomic E-state index is -3.94. The molecule has 5 nitrogen and oxygen atoms in total. The molecule has 0 unspecified atom stereocenters. The van der Waals surface area contributed by atoms with E-state index in [4.69, 9.17) is 4.55 Å². The zero-order valence-electron chi connectivity index (χ0n) is 17.5. The number of rotatable bonds is 21. The van der Waals surface area contributed by atoms with Crippen molar-refractivity contribution in [2.75, 3.05) is 18.8 Å². The zero-order valence-corrected chi connectivity index (χ0v) is 18.3. The molecule has 27 heavy (non-hydrogen) atoms. The molecule has 0 saturated heterocycles. The standard InChI is InChI=1S/C21H43NO4S/c1-2-3-4-5-6-7-8-9-10-11-12-13-14-15-16-17-21(23)20-22-18-19-27(24,25)26/h22H,2-20H2,1H3,(H,24,25,26). The third-order valence-electron chi connectivity index (χ3n) is 4.92. The van der Waals surface area contributed by atoms with Crippen LogP contribution in [-0.2, 0) is 14.9 Å². The smallest absolute Gasteiger partial charge is 0.266 e. The summed E-state index contributed by atoms with van der Waals surface area (Å²) in [7, 11) is -3.94. The summed E-state index contributed by atoms with van der Waals surface area (Å²) in [5.74, 6) is -0.237. The molecule has 6 heteroatoms. The predicted octanol–water partition coefficient (Wildman–Crippen LogP) is 5.29. The first kappa shape index (κ1) is 26.5. The largest absolute Gasteiger partial charge is 0.309 e. The van der Waals surface area contributed by atoms with Gasteiger partial charge < -0.3 is 5.32 Å². The number of hydrogen-bond acceptors (Lipinski definition) is 4. The number of Topliss-reactive ketones (excluding diaryl/α,β-unsaturated/α-hetero) is 1. The van der Waals surface area contributed by atoms with E-state index in [-0.39, 0.29) is 24.6 Å². The molecule has 0 heterocycles. The van der Waals surface area contributed by atoms with Crippen molar-refractivity contribution in [3.05, 3.63) is 0 Å². The van der Waals surface area contributed by atoms with Crippen LogP contribution in [0.1, 0.15) is 110 Å². The Kier molecular flexibility index (Phi) is 18.6. The van der Waals surface area contributed by atoms with Gasteiger partial charge in [-0.1, -0.05) is 96.8 Å². The molecule has 162 valence electrons. The highest BCUT2D eigenvalue weighted by Gasteiger charge is 2.05. The minimum Gasteiger partial charge on any atom is -0.309 e. The van der Waals surface area contributed by atoms with Crippen molar-refractivity contribution in [3.63, 3.8) is 0 Å². The van der Waals surface area contributed by atoms with Crippen LogP contribution in [0.4, 0.5) is 0 Å². The second kappa shape index (κ2) is 18.9. The fourth-order valence-electron chi connectivity index (χ4n) is 3.21. The molecule has 0 bridgehead atoms. The van der Waals surface area contributed by atoms with Gasteiger partial charge in [-0.15, -0.1) is 0 Å². The van der Waals surface area contributed by atoms with Crippen LogP contribution in [0, 0.1) is 0 Å². The Morgan fingerprint density at radius 2 is 1.15 bits per heavy atom. The lowest BCUT2D eigenvalue weighted by Crippen LogP contribution is -2.28. The molecular formula is C21H43NO4S. The van der Waals surface area contributed by atoms with Crippen molar-refractivity contribution in [2.45, 2.75) is 110 Å². The molecule has 0 aliphatic carbocycles. The van der Waals surface area contributed by atoms with Gasteiger partial charge in [0.2, 0.25) is 0 Å². The summed E-state index contributed by atoms with van der Waals surface area (Å²) in [4.78, 5) is 11.6. The second-order valence-electron chi connectivity index (χ2n) is 7.70. The van der Waals surface area contributed by atoms with Crippen molar-refractivity contribution in [2.24, 2.45) is 0 Å². The van der Waals surface area contributed by atoms with E-state index >= 15 is 0 Å². The van der Waals surface area contributed by atoms with E-state index in [2.05, 4.69) is 12.2 Å². The van der Waals surface area contributed by atoms with Crippen LogP contribution < -0.4 is 5.32 Å². The first-order chi connectivity index (χ1) is 13.0. The molecule has 0 aliphatic heterocycles. The maximum absolute atomic E-state index is 11.6. The normalized spacial score (nSPS) is 11.8. The molecule has 0 amide bonds. The van der Waals surface area contributed by atoms with Gasteiger partial charge in [-0.05, 0) is 6.42 Å². The lowest BCUT2D eigenvalue weighted by atomic mass is 10.0. The molecule has 0 aromatic heterocycles. The van der Waals surface area contributed by atoms with Crippen LogP contribution in [0.3, 0.4) is 0 Å². The molecule has 0 aromatic rings. The number of carbonyl (C=O) groups is 1. The van der Waals surface area contributed by atoms with E-state index in [0.717, 1.165) is 12.8 Å². The Labute approximate surface area is 167 Å². The van der Waals surface area contributed by atoms with Gasteiger partial charge in [-0.25, -0.2) is 0 Å². The summed E-state index contributed by atoms with van der Waals surface area (Å²) in [6.07, 6.45) is 20.2. The Morgan fingerprint density at radius 3 is 1.56 bits per heavy atom. The summed E-state index contributed by atoms with van der Waals surface area (Å²) in [5, 5.41) is 2.76. The lowest BCUT2D eigenvalue weighted by molar-refractivity contribution is -0.118. The highest BCUT2D eigenvalue weighted by atomic mass is 32.2. The summed E-state index contributed by atoms with van der Waals surface area (Å²) in [5.41, 5.74) is 0. The first-order valence-electron chi connectivity index (χ1n) is 11.1. The topological polar surface area (TPSA) is 83.5 Å². The molecule has 0 aromatic carbocycles. The average Bonchev–Trinajstić information content (AvgIpc) is 2.61. The number of unbranched alkanes of at least 4 members (excludes halogenated alkanes) is 14. The van der Waals surface area contributed by atoms with E-state index in [1.165, 1.54) is 83.5 Å². The van der Waals surface area contributed by atoms with Crippen LogP contribution in [0.5, 0.6) is 0 Å². The zero-order chi connectivity index (χ0) is 20.2. The summed E-state index contributed by atoms with van der Waals surface area (Å²) in [6.45, 7) is 2.56. The van der Waals surface area contributed by atoms with Crippen molar-refractivity contribution in [1.29, 1.82) is 0 Å². The van der Waals surface area contributed by atoms with Crippen LogP contribution in [0.2, 0.25) is 0 Å². The molecule has 0 atom stereocenters. The van der Waals surface area contributed by atoms with Crippen molar-refractivity contribution in [3.8, 4) is 0 Å². The maximum atomic E-state index is 11.6. The monoisotopic (exact) mass is 405 g/mol. The van der Waals surface area contributed by atoms with Crippen LogP contribution >= 0.6 is 0 Å². The van der Waals surface area contributed by atoms with E-state index in [1.54, 1.807) is 0 Å². The highest BCUT2D eigenvalue weighted by molar-refractivity contribution is 7.85. The van der Waals surface area contributed by atoms with E-state index in [1.807, 2.05) is 0 Å². The van der Waals surface area contributed by atoms with Gasteiger partial charge in [0.05, 0.1) is 12.3 Å². The van der Waals surface area contributed by atoms with Crippen molar-refractivity contribution < 1.29 is 17.8 Å². The molecular weight excluding hydrogens is 362 g/mol. The molecule has 0 saturated carbocycles. The third kappa shape index (κ3) is 23.5. The van der Waals surface area contributed by atoms with Crippen molar-refractivity contribution in [1.82, 2.24) is 5.32 Å². The molecule has 0 rings (SSSR count). The van der Waals surface area contributed by atoms with Gasteiger partial charge >= 0.3 is 0 Å². The van der Waals surface area contributed by atoms with Gasteiger partial charge in [0.25, 0.3) is 10.1 Å². The van der Waals surface area contributed by atoms with Crippen molar-refractivity contribution >= 4 is 15.9 Å². The molecule has 0 aliphatic rings. The second-order valence-corrected chi connectivity index (χ2v) is 9.27. The Bertz CT molecular complexity index is 437. The third-order valence-corrected chi connectivity index (χ3v) is 5.64. The van der Waals surface area contributed by atoms with Crippen LogP contribution in [-0.4, -0.2) is 37.6 Å². The van der Waals surface area contributed by atoms with Gasteiger partial charge in [0.1, 0.15) is 5.78 Å². The molecule has 2 N–H and O–H groups in total. The SMILES string of the molecule is CCCCCCCCCCCCCCCCCC(=O)CNCCS(=O)(=O)O. The number of hydrogen-bond donors (Lipinski definition) is 2. The Morgan fingerprint density at radius 1 is 0.741 bits per heavy atom. The first-order valence-corrected chi connectivity index (χ1v) is 12.7. The number of nitrogens with one attached hydrogen (secondary N) is 1. The van der Waals surface area contributed by atoms with E-state index in [9.17, 15) is 13.2 Å². The summed E-state index contributed by atoms with van der Waals surface area (Å²) >= 11 is 0. The number of ketones is 1. The van der Waals surface area contributed by atoms with E-state index < -0.39 is 10.1 Å². The Balaban J connectivity index is 3.19. The molecule has 0 spiro atoms. The quantitative estimate of drug-likeness (QED) is 0.200. The van der Waals surface area contributed by atoms with E-state index in [0.29, 0.717) is 6.42 Å². The van der Waals surface area contributed by atoms with Crippen LogP contribution in [0.15, 0.2) is 0 Å². The summed E-state index contributed by atoms with van der Waals surface area (Å²) < 4.78 is 29.7. The Hall–Kier alpha value is -0.460. The average molecular weight is 406 g/mol. The molecule has 0 radical (unpaired) electrons. The van der Waals surface area contributed by atoms with Gasteiger partial charge in [0.15, 0.2) is 0 Å². The maximum Gasteiger partial charge on any atom is 0.266 e. The van der Waals surface area contributed by atoms with Gasteiger partial charge in [-0.2, -0.15) is 8.42 Å². The van der Waals surface area contributed by atoms with Crippen LogP contribution in [0.25, 0.3) is 0 Å². The number of carbonyl (C=O) groups excluding carboxylic acids is 1. The predicted molar refractivity (Wildman–Crippen MR) is 114 cm³/mol. The fraction of sp³-hybridized carbons (Fsp3) is 0.952. The summed E-state index contributed by atoms with van der Waals surface area (Å²) in [6, 6.07) is 0. The highest BCUT2D eigenvalue weighted by Crippen LogP contribution is 2.13. The minimum absolute atomic E-state index is 0.111. The van der Waals surface area contributed by atoms with Gasteiger partial charge in [-0.3, -0.25) is 9.35 Å². The molecule has 0 fully saturated rings.